The number of fused-ring (bicyclic) bond motifs is 1. The predicted octanol–water partition coefficient (Wildman–Crippen LogP) is 0.232. The van der Waals surface area contributed by atoms with E-state index in [0.717, 1.165) is 0 Å². The maximum absolute atomic E-state index is 11.5. The van der Waals surface area contributed by atoms with Gasteiger partial charge >= 0.3 is 6.03 Å². The molecule has 90 valence electrons. The van der Waals surface area contributed by atoms with Gasteiger partial charge in [0.25, 0.3) is 0 Å². The zero-order valence-corrected chi connectivity index (χ0v) is 9.29. The maximum atomic E-state index is 11.5. The third-order valence-corrected chi connectivity index (χ3v) is 2.11. The molecule has 17 heavy (non-hydrogen) atoms. The first-order valence-corrected chi connectivity index (χ1v) is 5.19. The van der Waals surface area contributed by atoms with Crippen molar-refractivity contribution in [2.24, 2.45) is 0 Å². The van der Waals surface area contributed by atoms with Crippen molar-refractivity contribution in [3.05, 3.63) is 24.5 Å². The summed E-state index contributed by atoms with van der Waals surface area (Å²) in [6.45, 7) is 1.79. The Morgan fingerprint density at radius 1 is 1.59 bits per heavy atom. The molecule has 0 radical (unpaired) electrons. The van der Waals surface area contributed by atoms with Gasteiger partial charge in [0.15, 0.2) is 0 Å². The standard InChI is InChI=1S/C10H13N5O2/c1-7(16)5-11-10(17)14-8-6-13-15-9(8)3-2-4-12-15/h2-4,6-7,16H,5H2,1H3,(H2,11,14,17)/t7-/m0/s1. The number of rotatable bonds is 3. The highest BCUT2D eigenvalue weighted by Crippen LogP contribution is 2.13. The third-order valence-electron chi connectivity index (χ3n) is 2.11. The van der Waals surface area contributed by atoms with Crippen molar-refractivity contribution >= 4 is 17.2 Å². The molecule has 2 aromatic heterocycles. The number of anilines is 1. The lowest BCUT2D eigenvalue weighted by Crippen LogP contribution is -2.34. The molecule has 2 aromatic rings. The van der Waals surface area contributed by atoms with Gasteiger partial charge in [-0.25, -0.2) is 4.79 Å². The summed E-state index contributed by atoms with van der Waals surface area (Å²) in [7, 11) is 0. The van der Waals surface area contributed by atoms with Crippen LogP contribution in [-0.4, -0.2) is 38.6 Å². The van der Waals surface area contributed by atoms with E-state index >= 15 is 0 Å². The van der Waals surface area contributed by atoms with Crippen LogP contribution in [-0.2, 0) is 0 Å². The van der Waals surface area contributed by atoms with Gasteiger partial charge in [-0.3, -0.25) is 0 Å². The second kappa shape index (κ2) is 4.79. The molecule has 2 amide bonds. The van der Waals surface area contributed by atoms with Crippen LogP contribution in [0.25, 0.3) is 5.52 Å². The average Bonchev–Trinajstić information content (AvgIpc) is 2.70. The van der Waals surface area contributed by atoms with Crippen LogP contribution in [0.3, 0.4) is 0 Å². The molecule has 0 unspecified atom stereocenters. The fourth-order valence-corrected chi connectivity index (χ4v) is 1.34. The lowest BCUT2D eigenvalue weighted by molar-refractivity contribution is 0.190. The molecule has 0 saturated carbocycles. The summed E-state index contributed by atoms with van der Waals surface area (Å²) in [6, 6.07) is 3.17. The smallest absolute Gasteiger partial charge is 0.319 e. The topological polar surface area (TPSA) is 91.5 Å². The van der Waals surface area contributed by atoms with E-state index in [1.807, 2.05) is 0 Å². The fourth-order valence-electron chi connectivity index (χ4n) is 1.34. The number of aromatic nitrogens is 3. The minimum atomic E-state index is -0.577. The van der Waals surface area contributed by atoms with E-state index in [-0.39, 0.29) is 12.6 Å². The number of nitrogens with zero attached hydrogens (tertiary/aromatic N) is 3. The summed E-state index contributed by atoms with van der Waals surface area (Å²) < 4.78 is 1.42. The number of aliphatic hydroxyl groups excluding tert-OH is 1. The number of nitrogens with one attached hydrogen (secondary N) is 2. The highest BCUT2D eigenvalue weighted by Gasteiger charge is 2.08. The molecular weight excluding hydrogens is 222 g/mol. The molecule has 2 heterocycles. The Hall–Kier alpha value is -2.15. The Labute approximate surface area is 97.4 Å². The summed E-state index contributed by atoms with van der Waals surface area (Å²) in [5.74, 6) is 0. The van der Waals surface area contributed by atoms with Gasteiger partial charge in [0.2, 0.25) is 0 Å². The zero-order chi connectivity index (χ0) is 12.3. The van der Waals surface area contributed by atoms with Crippen molar-refractivity contribution in [2.75, 3.05) is 11.9 Å². The van der Waals surface area contributed by atoms with E-state index in [9.17, 15) is 4.79 Å². The molecule has 0 aliphatic carbocycles. The molecule has 3 N–H and O–H groups in total. The molecule has 0 aliphatic rings. The average molecular weight is 235 g/mol. The van der Waals surface area contributed by atoms with Crippen molar-refractivity contribution < 1.29 is 9.90 Å². The van der Waals surface area contributed by atoms with Crippen LogP contribution < -0.4 is 10.6 Å². The number of carbonyl (C=O) groups excluding carboxylic acids is 1. The van der Waals surface area contributed by atoms with Crippen molar-refractivity contribution in [1.82, 2.24) is 20.1 Å². The monoisotopic (exact) mass is 235 g/mol. The van der Waals surface area contributed by atoms with Crippen LogP contribution in [0.15, 0.2) is 24.5 Å². The molecule has 7 nitrogen and oxygen atoms in total. The van der Waals surface area contributed by atoms with Crippen LogP contribution in [0, 0.1) is 0 Å². The molecule has 0 bridgehead atoms. The minimum absolute atomic E-state index is 0.198. The van der Waals surface area contributed by atoms with E-state index in [1.54, 1.807) is 25.3 Å². The predicted molar refractivity (Wildman–Crippen MR) is 61.7 cm³/mol. The summed E-state index contributed by atoms with van der Waals surface area (Å²) in [5.41, 5.74) is 1.28. The molecule has 2 rings (SSSR count). The molecular formula is C10H13N5O2. The lowest BCUT2D eigenvalue weighted by Gasteiger charge is -2.07. The summed E-state index contributed by atoms with van der Waals surface area (Å²) >= 11 is 0. The molecule has 0 aromatic carbocycles. The quantitative estimate of drug-likeness (QED) is 0.710. The number of urea groups is 1. The van der Waals surface area contributed by atoms with Crippen molar-refractivity contribution in [3.63, 3.8) is 0 Å². The Kier molecular flexibility index (Phi) is 3.20. The number of carbonyl (C=O) groups is 1. The summed E-state index contributed by atoms with van der Waals surface area (Å²) in [5, 5.41) is 22.2. The van der Waals surface area contributed by atoms with Gasteiger partial charge in [0.05, 0.1) is 18.0 Å². The Bertz CT molecular complexity index is 522. The third kappa shape index (κ3) is 2.70. The van der Waals surface area contributed by atoms with Crippen LogP contribution in [0.4, 0.5) is 10.5 Å². The zero-order valence-electron chi connectivity index (χ0n) is 9.29. The molecule has 0 saturated heterocycles. The minimum Gasteiger partial charge on any atom is -0.392 e. The van der Waals surface area contributed by atoms with Gasteiger partial charge in [0, 0.05) is 12.7 Å². The van der Waals surface area contributed by atoms with Crippen molar-refractivity contribution in [3.8, 4) is 0 Å². The highest BCUT2D eigenvalue weighted by atomic mass is 16.3. The van der Waals surface area contributed by atoms with Crippen molar-refractivity contribution in [2.45, 2.75) is 13.0 Å². The molecule has 0 aliphatic heterocycles. The highest BCUT2D eigenvalue weighted by molar-refractivity contribution is 5.93. The second-order valence-corrected chi connectivity index (χ2v) is 3.64. The van der Waals surface area contributed by atoms with Gasteiger partial charge in [0.1, 0.15) is 5.52 Å². The first-order chi connectivity index (χ1) is 8.16. The van der Waals surface area contributed by atoms with Crippen LogP contribution in [0.2, 0.25) is 0 Å². The largest absolute Gasteiger partial charge is 0.392 e. The van der Waals surface area contributed by atoms with Gasteiger partial charge in [-0.05, 0) is 19.1 Å². The number of aliphatic hydroxyl groups is 1. The normalized spacial score (nSPS) is 12.4. The fraction of sp³-hybridized carbons (Fsp3) is 0.300. The molecule has 7 heteroatoms. The Morgan fingerprint density at radius 2 is 2.41 bits per heavy atom. The maximum Gasteiger partial charge on any atom is 0.319 e. The Balaban J connectivity index is 2.06. The molecule has 0 spiro atoms. The van der Waals surface area contributed by atoms with E-state index in [1.165, 1.54) is 10.8 Å². The molecule has 0 fully saturated rings. The van der Waals surface area contributed by atoms with Gasteiger partial charge in [-0.1, -0.05) is 0 Å². The van der Waals surface area contributed by atoms with Crippen LogP contribution in [0.5, 0.6) is 0 Å². The van der Waals surface area contributed by atoms with Crippen LogP contribution in [0.1, 0.15) is 6.92 Å². The lowest BCUT2D eigenvalue weighted by atomic mass is 10.4. The van der Waals surface area contributed by atoms with E-state index in [2.05, 4.69) is 20.8 Å². The van der Waals surface area contributed by atoms with Gasteiger partial charge in [-0.15, -0.1) is 4.63 Å². The summed E-state index contributed by atoms with van der Waals surface area (Å²) in [6.07, 6.45) is 2.55. The van der Waals surface area contributed by atoms with E-state index in [0.29, 0.717) is 11.2 Å². The van der Waals surface area contributed by atoms with Gasteiger partial charge in [-0.2, -0.15) is 10.2 Å². The summed E-state index contributed by atoms with van der Waals surface area (Å²) in [4.78, 5) is 11.5. The number of amides is 2. The van der Waals surface area contributed by atoms with Crippen LogP contribution >= 0.6 is 0 Å². The first kappa shape index (κ1) is 11.3. The molecule has 1 atom stereocenters. The SMILES string of the molecule is C[C@H](O)CNC(=O)Nc1cnn2ncccc12. The number of hydrogen-bond donors (Lipinski definition) is 3. The van der Waals surface area contributed by atoms with Crippen molar-refractivity contribution in [1.29, 1.82) is 0 Å². The van der Waals surface area contributed by atoms with E-state index in [4.69, 9.17) is 5.11 Å². The Morgan fingerprint density at radius 3 is 3.18 bits per heavy atom. The number of hydrogen-bond acceptors (Lipinski definition) is 4. The second-order valence-electron chi connectivity index (χ2n) is 3.64. The van der Waals surface area contributed by atoms with E-state index < -0.39 is 6.10 Å². The van der Waals surface area contributed by atoms with Gasteiger partial charge < -0.3 is 15.7 Å². The first-order valence-electron chi connectivity index (χ1n) is 5.19.